The Kier molecular flexibility index (Phi) is 1.76. The lowest BCUT2D eigenvalue weighted by Crippen LogP contribution is -1.84. The summed E-state index contributed by atoms with van der Waals surface area (Å²) >= 11 is 0. The summed E-state index contributed by atoms with van der Waals surface area (Å²) in [5.41, 5.74) is 0. The summed E-state index contributed by atoms with van der Waals surface area (Å²) in [4.78, 5) is 9.61. The molecule has 25 valence electrons. The monoisotopic (exact) mass is 83.0 g/mol. The Bertz CT molecular complexity index is 57.9. The van der Waals surface area contributed by atoms with E-state index in [1.54, 1.807) is 0 Å². The van der Waals surface area contributed by atoms with Gasteiger partial charge in [0.25, 0.3) is 0 Å². The van der Waals surface area contributed by atoms with Crippen LogP contribution in [-0.4, -0.2) is 15.6 Å². The third kappa shape index (κ3) is 3.63. The summed E-state index contributed by atoms with van der Waals surface area (Å²) in [6.45, 7) is 3.16. The van der Waals surface area contributed by atoms with Crippen LogP contribution in [0.5, 0.6) is 0 Å². The van der Waals surface area contributed by atoms with Crippen LogP contribution in [0.15, 0.2) is 12.7 Å². The van der Waals surface area contributed by atoms with E-state index in [0.717, 1.165) is 0 Å². The highest BCUT2D eigenvalue weighted by molar-refractivity contribution is 6.60. The lowest BCUT2D eigenvalue weighted by atomic mass is 10.7. The van der Waals surface area contributed by atoms with Crippen LogP contribution in [0, 0.1) is 0 Å². The van der Waals surface area contributed by atoms with Gasteiger partial charge in [-0.15, -0.1) is 0 Å². The van der Waals surface area contributed by atoms with E-state index in [2.05, 4.69) is 16.8 Å². The Labute approximate surface area is 34.1 Å². The molecule has 0 fully saturated rings. The van der Waals surface area contributed by atoms with E-state index in [0.29, 0.717) is 0 Å². The van der Waals surface area contributed by atoms with Crippen molar-refractivity contribution in [1.82, 2.24) is 0 Å². The highest BCUT2D eigenvalue weighted by atomic mass is 28.1. The first kappa shape index (κ1) is 4.63. The minimum Gasteiger partial charge on any atom is -0.302 e. The first-order chi connectivity index (χ1) is 2.27. The van der Waals surface area contributed by atoms with Gasteiger partial charge in [0.15, 0.2) is 0 Å². The fraction of sp³-hybridized carbons (Fsp3) is 0. The number of allylic oxidation sites excluding steroid dienone is 1. The molecule has 0 saturated heterocycles. The molecular formula is C3H3OSi. The maximum absolute atomic E-state index is 9.61. The van der Waals surface area contributed by atoms with Gasteiger partial charge in [0.1, 0.15) is 15.6 Å². The Morgan fingerprint density at radius 2 is 2.20 bits per heavy atom. The van der Waals surface area contributed by atoms with Gasteiger partial charge in [0, 0.05) is 0 Å². The molecule has 5 heavy (non-hydrogen) atoms. The van der Waals surface area contributed by atoms with Crippen LogP contribution in [0.25, 0.3) is 0 Å². The molecule has 0 aliphatic carbocycles. The maximum atomic E-state index is 9.61. The number of carbonyl (C=O) groups is 1. The average Bonchev–Trinajstić information content (AvgIpc) is 1.38. The maximum Gasteiger partial charge on any atom is 0.132 e. The number of carbonyl (C=O) groups excluding carboxylic acids is 1. The molecule has 0 aliphatic rings. The van der Waals surface area contributed by atoms with Crippen molar-refractivity contribution in [1.29, 1.82) is 0 Å². The fourth-order valence-electron chi connectivity index (χ4n) is 0. The number of hydrogen-bond acceptors (Lipinski definition) is 1. The summed E-state index contributed by atoms with van der Waals surface area (Å²) in [5.74, 6) is 0. The lowest BCUT2D eigenvalue weighted by Gasteiger charge is -1.62. The summed E-state index contributed by atoms with van der Waals surface area (Å²) in [6, 6.07) is 0. The molecule has 0 aromatic rings. The highest BCUT2D eigenvalue weighted by Gasteiger charge is 1.70. The molecule has 0 aromatic heterocycles. The Hall–Kier alpha value is -0.373. The molecule has 0 saturated carbocycles. The van der Waals surface area contributed by atoms with E-state index < -0.39 is 0 Å². The molecule has 0 amide bonds. The highest BCUT2D eigenvalue weighted by Crippen LogP contribution is 1.53. The standard InChI is InChI=1S/C3H3OSi/c1-2-3(4)5/h2H,1H2. The van der Waals surface area contributed by atoms with Crippen molar-refractivity contribution in [2.75, 3.05) is 0 Å². The van der Waals surface area contributed by atoms with Gasteiger partial charge in [-0.25, -0.2) is 0 Å². The molecule has 0 aromatic carbocycles. The molecule has 0 bridgehead atoms. The fourth-order valence-corrected chi connectivity index (χ4v) is 0. The Morgan fingerprint density at radius 3 is 2.20 bits per heavy atom. The summed E-state index contributed by atoms with van der Waals surface area (Å²) in [6.07, 6.45) is 1.19. The number of hydrogen-bond donors (Lipinski definition) is 0. The first-order valence-electron chi connectivity index (χ1n) is 1.15. The molecule has 2 heteroatoms. The quantitative estimate of drug-likeness (QED) is 0.319. The van der Waals surface area contributed by atoms with Gasteiger partial charge in [-0.05, 0) is 6.08 Å². The van der Waals surface area contributed by atoms with Crippen LogP contribution in [0.4, 0.5) is 0 Å². The van der Waals surface area contributed by atoms with E-state index in [4.69, 9.17) is 0 Å². The zero-order valence-corrected chi connectivity index (χ0v) is 3.69. The smallest absolute Gasteiger partial charge is 0.132 e. The topological polar surface area (TPSA) is 17.1 Å². The molecule has 0 heterocycles. The SMILES string of the molecule is C=CC(=O)[Si]. The molecule has 0 unspecified atom stereocenters. The molecule has 3 radical (unpaired) electrons. The van der Waals surface area contributed by atoms with Crippen molar-refractivity contribution >= 4 is 15.6 Å². The van der Waals surface area contributed by atoms with E-state index in [-0.39, 0.29) is 5.41 Å². The van der Waals surface area contributed by atoms with Crippen LogP contribution < -0.4 is 0 Å². The zero-order chi connectivity index (χ0) is 4.28. The summed E-state index contributed by atoms with van der Waals surface area (Å²) in [7, 11) is 2.66. The van der Waals surface area contributed by atoms with Gasteiger partial charge in [-0.1, -0.05) is 6.58 Å². The van der Waals surface area contributed by atoms with Crippen molar-refractivity contribution < 1.29 is 4.79 Å². The second kappa shape index (κ2) is 1.90. The van der Waals surface area contributed by atoms with Crippen molar-refractivity contribution in [2.24, 2.45) is 0 Å². The number of rotatable bonds is 1. The van der Waals surface area contributed by atoms with Gasteiger partial charge < -0.3 is 4.79 Å². The van der Waals surface area contributed by atoms with Crippen molar-refractivity contribution in [3.05, 3.63) is 12.7 Å². The zero-order valence-electron chi connectivity index (χ0n) is 2.69. The predicted octanol–water partition coefficient (Wildman–Crippen LogP) is -0.133. The molecule has 0 spiro atoms. The second-order valence-corrected chi connectivity index (χ2v) is 1.06. The van der Waals surface area contributed by atoms with Crippen LogP contribution >= 0.6 is 0 Å². The van der Waals surface area contributed by atoms with Crippen LogP contribution in [-0.2, 0) is 4.79 Å². The first-order valence-corrected chi connectivity index (χ1v) is 1.65. The molecule has 0 aliphatic heterocycles. The largest absolute Gasteiger partial charge is 0.302 e. The molecular weight excluding hydrogens is 80.1 g/mol. The van der Waals surface area contributed by atoms with E-state index in [9.17, 15) is 4.79 Å². The third-order valence-electron chi connectivity index (χ3n) is 0.185. The minimum atomic E-state index is -0.176. The Balaban J connectivity index is 3.20. The predicted molar refractivity (Wildman–Crippen MR) is 21.0 cm³/mol. The molecule has 0 rings (SSSR count). The summed E-state index contributed by atoms with van der Waals surface area (Å²) < 4.78 is 0. The van der Waals surface area contributed by atoms with Crippen LogP contribution in [0.2, 0.25) is 0 Å². The van der Waals surface area contributed by atoms with Gasteiger partial charge in [-0.3, -0.25) is 0 Å². The van der Waals surface area contributed by atoms with E-state index >= 15 is 0 Å². The van der Waals surface area contributed by atoms with Gasteiger partial charge in [0.05, 0.1) is 0 Å². The van der Waals surface area contributed by atoms with Crippen molar-refractivity contribution in [3.8, 4) is 0 Å². The van der Waals surface area contributed by atoms with E-state index in [1.165, 1.54) is 6.08 Å². The van der Waals surface area contributed by atoms with Crippen LogP contribution in [0.1, 0.15) is 0 Å². The minimum absolute atomic E-state index is 0.176. The Morgan fingerprint density at radius 1 is 2.00 bits per heavy atom. The summed E-state index contributed by atoms with van der Waals surface area (Å²) in [5, 5.41) is -0.176. The average molecular weight is 83.1 g/mol. The molecule has 0 N–H and O–H groups in total. The van der Waals surface area contributed by atoms with E-state index in [1.807, 2.05) is 0 Å². The van der Waals surface area contributed by atoms with Crippen molar-refractivity contribution in [3.63, 3.8) is 0 Å². The van der Waals surface area contributed by atoms with Gasteiger partial charge in [-0.2, -0.15) is 0 Å². The normalized spacial score (nSPS) is 6.60. The molecule has 0 atom stereocenters. The molecule has 1 nitrogen and oxygen atoms in total. The second-order valence-electron chi connectivity index (χ2n) is 0.568. The lowest BCUT2D eigenvalue weighted by molar-refractivity contribution is -0.107. The third-order valence-corrected chi connectivity index (χ3v) is 0.390. The van der Waals surface area contributed by atoms with Gasteiger partial charge >= 0.3 is 0 Å². The van der Waals surface area contributed by atoms with Gasteiger partial charge in [0.2, 0.25) is 0 Å². The van der Waals surface area contributed by atoms with Crippen LogP contribution in [0.3, 0.4) is 0 Å². The van der Waals surface area contributed by atoms with Crippen molar-refractivity contribution in [2.45, 2.75) is 0 Å².